The van der Waals surface area contributed by atoms with Gasteiger partial charge in [0.1, 0.15) is 18.1 Å². The summed E-state index contributed by atoms with van der Waals surface area (Å²) in [5.41, 5.74) is 3.83. The molecule has 0 radical (unpaired) electrons. The average Bonchev–Trinajstić information content (AvgIpc) is 2.85. The predicted molar refractivity (Wildman–Crippen MR) is 132 cm³/mol. The summed E-state index contributed by atoms with van der Waals surface area (Å²) in [6, 6.07) is 20.0. The van der Waals surface area contributed by atoms with Crippen molar-refractivity contribution in [2.45, 2.75) is 26.3 Å². The molecule has 0 amide bonds. The lowest BCUT2D eigenvalue weighted by Gasteiger charge is -2.14. The highest BCUT2D eigenvalue weighted by atomic mass is 16.5. The molecule has 0 unspecified atom stereocenters. The van der Waals surface area contributed by atoms with Crippen LogP contribution in [0.4, 0.5) is 5.69 Å². The van der Waals surface area contributed by atoms with E-state index in [9.17, 15) is 9.59 Å². The van der Waals surface area contributed by atoms with Crippen LogP contribution in [0.2, 0.25) is 0 Å². The predicted octanol–water partition coefficient (Wildman–Crippen LogP) is 5.13. The molecule has 0 aromatic heterocycles. The van der Waals surface area contributed by atoms with E-state index in [0.717, 1.165) is 11.1 Å². The molecule has 3 aromatic carbocycles. The lowest BCUT2D eigenvalue weighted by molar-refractivity contribution is -0.139. The number of terminal acetylenes is 1. The summed E-state index contributed by atoms with van der Waals surface area (Å²) in [7, 11) is 0. The summed E-state index contributed by atoms with van der Waals surface area (Å²) >= 11 is 0. The molecular formula is C28H27NO5. The quantitative estimate of drug-likeness (QED) is 0.307. The van der Waals surface area contributed by atoms with Crippen LogP contribution in [0.1, 0.15) is 46.8 Å². The lowest BCUT2D eigenvalue weighted by Crippen LogP contribution is -2.10. The van der Waals surface area contributed by atoms with Crippen LogP contribution in [-0.2, 0) is 11.3 Å². The van der Waals surface area contributed by atoms with Gasteiger partial charge in [-0.25, -0.2) is 4.79 Å². The Balaban J connectivity index is 1.80. The highest BCUT2D eigenvalue weighted by Gasteiger charge is 2.16. The number of nitrogens with one attached hydrogen (secondary N) is 1. The highest BCUT2D eigenvalue weighted by Crippen LogP contribution is 2.27. The maximum Gasteiger partial charge on any atom is 0.341 e. The van der Waals surface area contributed by atoms with Crippen molar-refractivity contribution in [3.8, 4) is 23.8 Å². The van der Waals surface area contributed by atoms with Crippen LogP contribution in [0.25, 0.3) is 0 Å². The zero-order valence-electron chi connectivity index (χ0n) is 19.2. The van der Waals surface area contributed by atoms with E-state index in [1.54, 1.807) is 30.3 Å². The maximum atomic E-state index is 13.4. The number of carboxylic acids is 1. The van der Waals surface area contributed by atoms with Crippen molar-refractivity contribution in [1.29, 1.82) is 0 Å². The maximum absolute atomic E-state index is 13.4. The van der Waals surface area contributed by atoms with Crippen molar-refractivity contribution >= 4 is 17.4 Å². The molecule has 0 aliphatic heterocycles. The van der Waals surface area contributed by atoms with Crippen molar-refractivity contribution in [2.75, 3.05) is 18.5 Å². The van der Waals surface area contributed by atoms with Crippen molar-refractivity contribution in [3.63, 3.8) is 0 Å². The van der Waals surface area contributed by atoms with Gasteiger partial charge in [-0.3, -0.25) is 4.79 Å². The number of carbonyl (C=O) groups is 2. The van der Waals surface area contributed by atoms with Gasteiger partial charge < -0.3 is 19.9 Å². The van der Waals surface area contributed by atoms with Crippen molar-refractivity contribution in [3.05, 3.63) is 89.0 Å². The van der Waals surface area contributed by atoms with Gasteiger partial charge in [0.05, 0.1) is 0 Å². The number of carboxylic acid groups (broad SMARTS) is 1. The number of rotatable bonds is 11. The smallest absolute Gasteiger partial charge is 0.341 e. The summed E-state index contributed by atoms with van der Waals surface area (Å²) < 4.78 is 10.7. The summed E-state index contributed by atoms with van der Waals surface area (Å²) in [5.74, 6) is 2.64. The van der Waals surface area contributed by atoms with Gasteiger partial charge in [-0.2, -0.15) is 0 Å². The Morgan fingerprint density at radius 3 is 2.26 bits per heavy atom. The molecule has 3 aromatic rings. The number of carbonyl (C=O) groups excluding carboxylic acids is 1. The number of ether oxygens (including phenoxy) is 2. The number of anilines is 1. The largest absolute Gasteiger partial charge is 0.482 e. The van der Waals surface area contributed by atoms with E-state index in [-0.39, 0.29) is 12.4 Å². The fraction of sp³-hybridized carbons (Fsp3) is 0.214. The first-order chi connectivity index (χ1) is 16.4. The van der Waals surface area contributed by atoms with Gasteiger partial charge in [0.15, 0.2) is 12.4 Å². The van der Waals surface area contributed by atoms with Crippen LogP contribution in [0.15, 0.2) is 66.7 Å². The zero-order chi connectivity index (χ0) is 24.5. The van der Waals surface area contributed by atoms with Crippen molar-refractivity contribution < 1.29 is 24.2 Å². The molecule has 2 N–H and O–H groups in total. The topological polar surface area (TPSA) is 84.9 Å². The molecule has 0 saturated carbocycles. The molecule has 0 spiro atoms. The monoisotopic (exact) mass is 457 g/mol. The van der Waals surface area contributed by atoms with Crippen molar-refractivity contribution in [2.24, 2.45) is 0 Å². The van der Waals surface area contributed by atoms with Crippen LogP contribution < -0.4 is 14.8 Å². The molecule has 0 aliphatic rings. The van der Waals surface area contributed by atoms with Gasteiger partial charge in [0.2, 0.25) is 0 Å². The first-order valence-electron chi connectivity index (χ1n) is 10.9. The van der Waals surface area contributed by atoms with E-state index < -0.39 is 12.6 Å². The van der Waals surface area contributed by atoms with Gasteiger partial charge in [-0.15, -0.1) is 6.42 Å². The molecule has 0 aliphatic carbocycles. The van der Waals surface area contributed by atoms with Gasteiger partial charge in [-0.05, 0) is 47.4 Å². The molecule has 0 atom stereocenters. The summed E-state index contributed by atoms with van der Waals surface area (Å²) in [4.78, 5) is 24.0. The van der Waals surface area contributed by atoms with Crippen LogP contribution in [-0.4, -0.2) is 30.1 Å². The number of hydrogen-bond acceptors (Lipinski definition) is 5. The van der Waals surface area contributed by atoms with Gasteiger partial charge in [0, 0.05) is 23.4 Å². The van der Waals surface area contributed by atoms with Crippen LogP contribution in [0.5, 0.6) is 11.5 Å². The molecule has 174 valence electrons. The number of benzene rings is 3. The molecule has 0 saturated heterocycles. The SMILES string of the molecule is C#CCOc1ccc(NCc2ccc(OCC(=O)O)cc2)c(C(=O)c2ccc(C(C)C)cc2)c1. The standard InChI is InChI=1S/C28H27NO5/c1-4-15-33-24-13-14-26(29-17-20-5-11-23(12-6-20)34-18-27(30)31)25(16-24)28(32)22-9-7-21(8-10-22)19(2)3/h1,5-14,16,19,29H,15,17-18H2,2-3H3,(H,30,31). The van der Waals surface area contributed by atoms with Gasteiger partial charge in [0.25, 0.3) is 0 Å². The molecule has 6 nitrogen and oxygen atoms in total. The summed E-state index contributed by atoms with van der Waals surface area (Å²) in [5, 5.41) is 12.0. The Morgan fingerprint density at radius 2 is 1.65 bits per heavy atom. The van der Waals surface area contributed by atoms with E-state index in [0.29, 0.717) is 40.8 Å². The first-order valence-corrected chi connectivity index (χ1v) is 10.9. The van der Waals surface area contributed by atoms with Crippen LogP contribution in [0, 0.1) is 12.3 Å². The van der Waals surface area contributed by atoms with Crippen LogP contribution >= 0.6 is 0 Å². The fourth-order valence-corrected chi connectivity index (χ4v) is 3.30. The molecule has 34 heavy (non-hydrogen) atoms. The van der Waals surface area contributed by atoms with Crippen molar-refractivity contribution in [1.82, 2.24) is 0 Å². The Bertz CT molecular complexity index is 1170. The second-order valence-corrected chi connectivity index (χ2v) is 7.99. The molecule has 0 fully saturated rings. The van der Waals surface area contributed by atoms with Gasteiger partial charge in [-0.1, -0.05) is 56.2 Å². The Labute approximate surface area is 199 Å². The second kappa shape index (κ2) is 11.6. The Morgan fingerprint density at radius 1 is 0.971 bits per heavy atom. The molecule has 0 bridgehead atoms. The van der Waals surface area contributed by atoms with Crippen LogP contribution in [0.3, 0.4) is 0 Å². The minimum atomic E-state index is -1.03. The fourth-order valence-electron chi connectivity index (χ4n) is 3.30. The summed E-state index contributed by atoms with van der Waals surface area (Å²) in [6.45, 7) is 4.39. The van der Waals surface area contributed by atoms with E-state index in [1.165, 1.54) is 0 Å². The molecule has 3 rings (SSSR count). The normalized spacial score (nSPS) is 10.4. The van der Waals surface area contributed by atoms with E-state index in [2.05, 4.69) is 25.1 Å². The third-order valence-electron chi connectivity index (χ3n) is 5.17. The van der Waals surface area contributed by atoms with E-state index >= 15 is 0 Å². The molecule has 0 heterocycles. The Kier molecular flexibility index (Phi) is 8.31. The third-order valence-corrected chi connectivity index (χ3v) is 5.17. The third kappa shape index (κ3) is 6.63. The second-order valence-electron chi connectivity index (χ2n) is 7.99. The summed E-state index contributed by atoms with van der Waals surface area (Å²) in [6.07, 6.45) is 5.30. The first kappa shape index (κ1) is 24.4. The number of hydrogen-bond donors (Lipinski definition) is 2. The average molecular weight is 458 g/mol. The number of ketones is 1. The minimum Gasteiger partial charge on any atom is -0.482 e. The minimum absolute atomic E-state index is 0.111. The Hall–Kier alpha value is -4.24. The van der Waals surface area contributed by atoms with Gasteiger partial charge >= 0.3 is 5.97 Å². The molecular weight excluding hydrogens is 430 g/mol. The highest BCUT2D eigenvalue weighted by molar-refractivity contribution is 6.12. The zero-order valence-corrected chi connectivity index (χ0v) is 19.2. The van der Waals surface area contributed by atoms with E-state index in [1.807, 2.05) is 36.4 Å². The van der Waals surface area contributed by atoms with E-state index in [4.69, 9.17) is 21.0 Å². The molecule has 6 heteroatoms. The number of aliphatic carboxylic acids is 1. The lowest BCUT2D eigenvalue weighted by atomic mass is 9.97.